The minimum absolute atomic E-state index is 0.00725. The van der Waals surface area contributed by atoms with E-state index in [9.17, 15) is 9.59 Å². The van der Waals surface area contributed by atoms with Crippen molar-refractivity contribution in [2.45, 2.75) is 75.5 Å². The maximum absolute atomic E-state index is 13.5. The largest absolute Gasteiger partial charge is 0.339 e. The van der Waals surface area contributed by atoms with Gasteiger partial charge in [-0.1, -0.05) is 24.3 Å². The number of piperidine rings is 2. The summed E-state index contributed by atoms with van der Waals surface area (Å²) in [6, 6.07) is 12.1. The zero-order valence-electron chi connectivity index (χ0n) is 20.3. The van der Waals surface area contributed by atoms with E-state index in [-0.39, 0.29) is 11.3 Å². The standard InChI is InChI=1S/C27H35N5O2/c1-19-13-25(28-29(19)2)26(34)31-16-20-5-3-4-6-24(20)27(17-31)9-11-30(12-10-27)23-14-21-7-8-22(15-23)32(21)18-33/h3-6,13,18,21-23H,7-12,14-17H2,1-2H3. The fraction of sp³-hybridized carbons (Fsp3) is 0.593. The van der Waals surface area contributed by atoms with Crippen molar-refractivity contribution in [2.24, 2.45) is 7.05 Å². The molecule has 1 aromatic carbocycles. The van der Waals surface area contributed by atoms with E-state index < -0.39 is 0 Å². The van der Waals surface area contributed by atoms with E-state index in [4.69, 9.17) is 0 Å². The predicted molar refractivity (Wildman–Crippen MR) is 129 cm³/mol. The number of likely N-dealkylation sites (tertiary alicyclic amines) is 1. The number of benzene rings is 1. The maximum atomic E-state index is 13.5. The van der Waals surface area contributed by atoms with Crippen LogP contribution in [-0.2, 0) is 23.8 Å². The van der Waals surface area contributed by atoms with Crippen LogP contribution in [0.4, 0.5) is 0 Å². The van der Waals surface area contributed by atoms with E-state index in [1.54, 1.807) is 4.68 Å². The van der Waals surface area contributed by atoms with Gasteiger partial charge >= 0.3 is 0 Å². The molecule has 2 aromatic rings. The van der Waals surface area contributed by atoms with Gasteiger partial charge < -0.3 is 14.7 Å². The molecule has 3 saturated heterocycles. The Balaban J connectivity index is 1.21. The highest BCUT2D eigenvalue weighted by Gasteiger charge is 2.47. The fourth-order valence-electron chi connectivity index (χ4n) is 7.26. The number of amides is 2. The molecule has 0 N–H and O–H groups in total. The molecule has 34 heavy (non-hydrogen) atoms. The van der Waals surface area contributed by atoms with E-state index in [1.807, 2.05) is 24.9 Å². The van der Waals surface area contributed by atoms with Crippen molar-refractivity contribution in [1.82, 2.24) is 24.5 Å². The van der Waals surface area contributed by atoms with Crippen molar-refractivity contribution < 1.29 is 9.59 Å². The topological polar surface area (TPSA) is 61.7 Å². The average Bonchev–Trinajstić information content (AvgIpc) is 3.32. The third-order valence-corrected chi connectivity index (χ3v) is 9.22. The lowest BCUT2D eigenvalue weighted by Crippen LogP contribution is -2.57. The van der Waals surface area contributed by atoms with Gasteiger partial charge in [-0.25, -0.2) is 0 Å². The number of rotatable bonds is 3. The molecule has 0 radical (unpaired) electrons. The van der Waals surface area contributed by atoms with Gasteiger partial charge in [-0.05, 0) is 75.7 Å². The summed E-state index contributed by atoms with van der Waals surface area (Å²) < 4.78 is 1.78. The maximum Gasteiger partial charge on any atom is 0.274 e. The van der Waals surface area contributed by atoms with Gasteiger partial charge in [0.2, 0.25) is 6.41 Å². The molecule has 0 aliphatic carbocycles. The number of fused-ring (bicyclic) bond motifs is 4. The first-order valence-electron chi connectivity index (χ1n) is 12.8. The van der Waals surface area contributed by atoms with Crippen LogP contribution in [0.5, 0.6) is 0 Å². The predicted octanol–water partition coefficient (Wildman–Crippen LogP) is 2.87. The average molecular weight is 462 g/mol. The molecule has 2 unspecified atom stereocenters. The number of carbonyl (C=O) groups is 2. The van der Waals surface area contributed by atoms with Gasteiger partial charge in [0.05, 0.1) is 0 Å². The quantitative estimate of drug-likeness (QED) is 0.660. The lowest BCUT2D eigenvalue weighted by atomic mass is 9.68. The molecular formula is C27H35N5O2. The third kappa shape index (κ3) is 3.47. The monoisotopic (exact) mass is 461 g/mol. The summed E-state index contributed by atoms with van der Waals surface area (Å²) in [6.07, 6.45) is 7.77. The Morgan fingerprint density at radius 2 is 1.79 bits per heavy atom. The van der Waals surface area contributed by atoms with Crippen LogP contribution in [0.1, 0.15) is 65.8 Å². The smallest absolute Gasteiger partial charge is 0.274 e. The van der Waals surface area contributed by atoms with Crippen LogP contribution in [0.3, 0.4) is 0 Å². The molecule has 180 valence electrons. The van der Waals surface area contributed by atoms with Crippen LogP contribution < -0.4 is 0 Å². The molecule has 1 aromatic heterocycles. The van der Waals surface area contributed by atoms with E-state index in [2.05, 4.69) is 39.2 Å². The Labute approximate surface area is 201 Å². The number of hydrogen-bond acceptors (Lipinski definition) is 4. The summed E-state index contributed by atoms with van der Waals surface area (Å²) in [5, 5.41) is 4.47. The van der Waals surface area contributed by atoms with Gasteiger partial charge in [-0.15, -0.1) is 0 Å². The van der Waals surface area contributed by atoms with Crippen molar-refractivity contribution in [3.05, 3.63) is 52.8 Å². The number of aromatic nitrogens is 2. The van der Waals surface area contributed by atoms with E-state index in [0.29, 0.717) is 30.4 Å². The lowest BCUT2D eigenvalue weighted by molar-refractivity contribution is -0.123. The van der Waals surface area contributed by atoms with Crippen molar-refractivity contribution in [2.75, 3.05) is 19.6 Å². The van der Waals surface area contributed by atoms with Crippen LogP contribution in [-0.4, -0.2) is 74.6 Å². The Kier molecular flexibility index (Phi) is 5.28. The van der Waals surface area contributed by atoms with E-state index >= 15 is 0 Å². The molecule has 7 nitrogen and oxygen atoms in total. The summed E-state index contributed by atoms with van der Waals surface area (Å²) in [7, 11) is 1.89. The van der Waals surface area contributed by atoms with Crippen LogP contribution in [0.2, 0.25) is 0 Å². The molecule has 1 spiro atoms. The molecule has 7 heteroatoms. The summed E-state index contributed by atoms with van der Waals surface area (Å²) in [4.78, 5) is 31.8. The molecule has 4 aliphatic heterocycles. The van der Waals surface area contributed by atoms with Gasteiger partial charge in [-0.3, -0.25) is 14.3 Å². The Hall–Kier alpha value is -2.67. The zero-order valence-corrected chi connectivity index (χ0v) is 20.3. The van der Waals surface area contributed by atoms with Crippen molar-refractivity contribution in [3.63, 3.8) is 0 Å². The van der Waals surface area contributed by atoms with Crippen LogP contribution in [0.15, 0.2) is 30.3 Å². The SMILES string of the molecule is Cc1cc(C(=O)N2Cc3ccccc3C3(CCN(C4CC5CCC(C4)N5C=O)CC3)C2)nn1C. The Morgan fingerprint density at radius 1 is 1.09 bits per heavy atom. The van der Waals surface area contributed by atoms with E-state index in [0.717, 1.165) is 70.3 Å². The lowest BCUT2D eigenvalue weighted by Gasteiger charge is -2.51. The molecule has 3 fully saturated rings. The van der Waals surface area contributed by atoms with Gasteiger partial charge in [-0.2, -0.15) is 5.10 Å². The number of nitrogens with zero attached hydrogens (tertiary/aromatic N) is 5. The summed E-state index contributed by atoms with van der Waals surface area (Å²) in [6.45, 7) is 5.53. The molecule has 4 aliphatic rings. The van der Waals surface area contributed by atoms with Crippen LogP contribution in [0, 0.1) is 6.92 Å². The molecular weight excluding hydrogens is 426 g/mol. The Bertz CT molecular complexity index is 1070. The summed E-state index contributed by atoms with van der Waals surface area (Å²) >= 11 is 0. The van der Waals surface area contributed by atoms with Crippen LogP contribution >= 0.6 is 0 Å². The molecule has 6 rings (SSSR count). The molecule has 2 amide bonds. The molecule has 2 bridgehead atoms. The van der Waals surface area contributed by atoms with Gasteiger partial charge in [0.15, 0.2) is 5.69 Å². The molecule has 5 heterocycles. The van der Waals surface area contributed by atoms with Gasteiger partial charge in [0.25, 0.3) is 5.91 Å². The first kappa shape index (κ1) is 21.8. The second-order valence-electron chi connectivity index (χ2n) is 11.0. The van der Waals surface area contributed by atoms with Crippen molar-refractivity contribution >= 4 is 12.3 Å². The molecule has 2 atom stereocenters. The number of carbonyl (C=O) groups excluding carboxylic acids is 2. The highest BCUT2D eigenvalue weighted by Crippen LogP contribution is 2.44. The molecule has 0 saturated carbocycles. The highest BCUT2D eigenvalue weighted by atomic mass is 16.2. The zero-order chi connectivity index (χ0) is 23.4. The van der Waals surface area contributed by atoms with Crippen molar-refractivity contribution in [3.8, 4) is 0 Å². The second kappa shape index (κ2) is 8.22. The second-order valence-corrected chi connectivity index (χ2v) is 11.0. The fourth-order valence-corrected chi connectivity index (χ4v) is 7.26. The summed E-state index contributed by atoms with van der Waals surface area (Å²) in [5.41, 5.74) is 4.27. The first-order valence-corrected chi connectivity index (χ1v) is 12.8. The van der Waals surface area contributed by atoms with Gasteiger partial charge in [0, 0.05) is 49.4 Å². The first-order chi connectivity index (χ1) is 16.5. The van der Waals surface area contributed by atoms with Crippen molar-refractivity contribution in [1.29, 1.82) is 0 Å². The number of hydrogen-bond donors (Lipinski definition) is 0. The van der Waals surface area contributed by atoms with E-state index in [1.165, 1.54) is 11.1 Å². The Morgan fingerprint density at radius 3 is 2.44 bits per heavy atom. The minimum atomic E-state index is 0.00725. The highest BCUT2D eigenvalue weighted by molar-refractivity contribution is 5.92. The number of aryl methyl sites for hydroxylation is 2. The minimum Gasteiger partial charge on any atom is -0.339 e. The third-order valence-electron chi connectivity index (χ3n) is 9.22. The normalized spacial score (nSPS) is 28.2. The van der Waals surface area contributed by atoms with Crippen LogP contribution in [0.25, 0.3) is 0 Å². The van der Waals surface area contributed by atoms with Gasteiger partial charge in [0.1, 0.15) is 0 Å². The summed E-state index contributed by atoms with van der Waals surface area (Å²) in [5.74, 6) is 0.0396.